The lowest BCUT2D eigenvalue weighted by Crippen LogP contribution is -2.52. The molecule has 0 aliphatic heterocycles. The SMILES string of the molecule is COc1ccc(N[C@@H](c2ccc(C)cc2)[C@@](OCc2ccccc2)(C(=O)OCc2ccccc2)C2CC2)cc1. The highest BCUT2D eigenvalue weighted by Gasteiger charge is 2.59. The van der Waals surface area contributed by atoms with Gasteiger partial charge in [-0.05, 0) is 60.7 Å². The zero-order valence-corrected chi connectivity index (χ0v) is 22.5. The Balaban J connectivity index is 1.55. The van der Waals surface area contributed by atoms with Gasteiger partial charge in [-0.3, -0.25) is 0 Å². The summed E-state index contributed by atoms with van der Waals surface area (Å²) in [5, 5.41) is 3.66. The third kappa shape index (κ3) is 6.32. The topological polar surface area (TPSA) is 56.8 Å². The molecule has 0 heterocycles. The highest BCUT2D eigenvalue weighted by molar-refractivity contribution is 5.83. The molecule has 5 nitrogen and oxygen atoms in total. The molecule has 1 saturated carbocycles. The summed E-state index contributed by atoms with van der Waals surface area (Å²) >= 11 is 0. The summed E-state index contributed by atoms with van der Waals surface area (Å²) in [7, 11) is 1.65. The van der Waals surface area contributed by atoms with Crippen LogP contribution in [-0.2, 0) is 27.5 Å². The minimum atomic E-state index is -1.24. The van der Waals surface area contributed by atoms with E-state index < -0.39 is 11.6 Å². The molecular weight excluding hydrogens is 486 g/mol. The lowest BCUT2D eigenvalue weighted by atomic mass is 9.83. The van der Waals surface area contributed by atoms with Gasteiger partial charge in [-0.1, -0.05) is 90.5 Å². The van der Waals surface area contributed by atoms with Crippen molar-refractivity contribution in [3.63, 3.8) is 0 Å². The minimum absolute atomic E-state index is 0.0153. The van der Waals surface area contributed by atoms with Crippen molar-refractivity contribution in [3.8, 4) is 5.75 Å². The third-order valence-electron chi connectivity index (χ3n) is 7.28. The zero-order chi connectivity index (χ0) is 27.1. The summed E-state index contributed by atoms with van der Waals surface area (Å²) in [6, 6.07) is 35.3. The Morgan fingerprint density at radius 3 is 1.97 bits per heavy atom. The molecule has 2 atom stereocenters. The molecule has 200 valence electrons. The molecule has 1 aliphatic carbocycles. The highest BCUT2D eigenvalue weighted by atomic mass is 16.6. The monoisotopic (exact) mass is 521 g/mol. The molecule has 0 unspecified atom stereocenters. The van der Waals surface area contributed by atoms with Gasteiger partial charge in [0.25, 0.3) is 0 Å². The summed E-state index contributed by atoms with van der Waals surface area (Å²) in [6.07, 6.45) is 1.78. The first kappa shape index (κ1) is 26.5. The maximum atomic E-state index is 14.3. The van der Waals surface area contributed by atoms with Crippen molar-refractivity contribution in [1.82, 2.24) is 0 Å². The van der Waals surface area contributed by atoms with E-state index in [0.717, 1.165) is 46.5 Å². The Hall–Kier alpha value is -4.09. The molecule has 0 bridgehead atoms. The maximum absolute atomic E-state index is 14.3. The first-order chi connectivity index (χ1) is 19.1. The second kappa shape index (κ2) is 12.2. The number of hydrogen-bond acceptors (Lipinski definition) is 5. The normalized spacial score (nSPS) is 15.1. The highest BCUT2D eigenvalue weighted by Crippen LogP contribution is 2.51. The number of benzene rings is 4. The molecule has 0 spiro atoms. The third-order valence-corrected chi connectivity index (χ3v) is 7.28. The molecular formula is C34H35NO4. The van der Waals surface area contributed by atoms with Crippen LogP contribution in [0.4, 0.5) is 5.69 Å². The number of hydrogen-bond donors (Lipinski definition) is 1. The van der Waals surface area contributed by atoms with Crippen LogP contribution in [0.1, 0.15) is 41.1 Å². The van der Waals surface area contributed by atoms with Gasteiger partial charge in [0.05, 0.1) is 19.8 Å². The van der Waals surface area contributed by atoms with Crippen LogP contribution in [0, 0.1) is 12.8 Å². The minimum Gasteiger partial charge on any atom is -0.497 e. The van der Waals surface area contributed by atoms with Crippen molar-refractivity contribution in [3.05, 3.63) is 131 Å². The molecule has 39 heavy (non-hydrogen) atoms. The van der Waals surface area contributed by atoms with Crippen LogP contribution in [0.15, 0.2) is 109 Å². The smallest absolute Gasteiger partial charge is 0.341 e. The van der Waals surface area contributed by atoms with Gasteiger partial charge in [0.1, 0.15) is 12.4 Å². The number of nitrogens with one attached hydrogen (secondary N) is 1. The summed E-state index contributed by atoms with van der Waals surface area (Å²) in [5.41, 5.74) is 3.69. The van der Waals surface area contributed by atoms with Gasteiger partial charge in [0, 0.05) is 11.6 Å². The fourth-order valence-electron chi connectivity index (χ4n) is 4.96. The van der Waals surface area contributed by atoms with Crippen LogP contribution in [0.2, 0.25) is 0 Å². The summed E-state index contributed by atoms with van der Waals surface area (Å²) in [6.45, 7) is 2.54. The molecule has 5 heteroatoms. The van der Waals surface area contributed by atoms with E-state index in [1.54, 1.807) is 7.11 Å². The molecule has 0 saturated heterocycles. The van der Waals surface area contributed by atoms with Crippen LogP contribution in [0.5, 0.6) is 5.75 Å². The number of esters is 1. The fraction of sp³-hybridized carbons (Fsp3) is 0.265. The predicted octanol–water partition coefficient (Wildman–Crippen LogP) is 7.27. The van der Waals surface area contributed by atoms with E-state index in [1.165, 1.54) is 0 Å². The number of aryl methyl sites for hydroxylation is 1. The van der Waals surface area contributed by atoms with E-state index >= 15 is 0 Å². The molecule has 4 aromatic rings. The quantitative estimate of drug-likeness (QED) is 0.199. The van der Waals surface area contributed by atoms with Gasteiger partial charge in [-0.2, -0.15) is 0 Å². The van der Waals surface area contributed by atoms with Gasteiger partial charge in [0.15, 0.2) is 5.60 Å². The van der Waals surface area contributed by atoms with Crippen LogP contribution in [0.25, 0.3) is 0 Å². The maximum Gasteiger partial charge on any atom is 0.341 e. The summed E-state index contributed by atoms with van der Waals surface area (Å²) < 4.78 is 18.2. The molecule has 0 amide bonds. The van der Waals surface area contributed by atoms with E-state index in [2.05, 4.69) is 36.5 Å². The molecule has 1 fully saturated rings. The Morgan fingerprint density at radius 1 is 0.821 bits per heavy atom. The number of anilines is 1. The van der Waals surface area contributed by atoms with Crippen LogP contribution in [0.3, 0.4) is 0 Å². The largest absolute Gasteiger partial charge is 0.497 e. The fourth-order valence-corrected chi connectivity index (χ4v) is 4.96. The summed E-state index contributed by atoms with van der Waals surface area (Å²) in [5.74, 6) is 0.432. The Labute approximate surface area is 230 Å². The number of rotatable bonds is 12. The molecule has 0 aromatic heterocycles. The average Bonchev–Trinajstić information content (AvgIpc) is 3.84. The molecule has 0 radical (unpaired) electrons. The second-order valence-electron chi connectivity index (χ2n) is 10.1. The van der Waals surface area contributed by atoms with E-state index in [1.807, 2.05) is 84.9 Å². The number of ether oxygens (including phenoxy) is 3. The van der Waals surface area contributed by atoms with Crippen molar-refractivity contribution in [2.45, 2.75) is 44.6 Å². The van der Waals surface area contributed by atoms with Crippen molar-refractivity contribution in [2.24, 2.45) is 5.92 Å². The molecule has 4 aromatic carbocycles. The first-order valence-electron chi connectivity index (χ1n) is 13.4. The van der Waals surface area contributed by atoms with E-state index in [4.69, 9.17) is 14.2 Å². The van der Waals surface area contributed by atoms with Crippen molar-refractivity contribution in [1.29, 1.82) is 0 Å². The van der Waals surface area contributed by atoms with Crippen LogP contribution >= 0.6 is 0 Å². The van der Waals surface area contributed by atoms with Gasteiger partial charge in [-0.15, -0.1) is 0 Å². The van der Waals surface area contributed by atoms with Gasteiger partial charge < -0.3 is 19.5 Å². The van der Waals surface area contributed by atoms with E-state index in [-0.39, 0.29) is 18.5 Å². The van der Waals surface area contributed by atoms with Crippen molar-refractivity contribution in [2.75, 3.05) is 12.4 Å². The first-order valence-corrected chi connectivity index (χ1v) is 13.4. The van der Waals surface area contributed by atoms with E-state index in [0.29, 0.717) is 6.61 Å². The lowest BCUT2D eigenvalue weighted by Gasteiger charge is -2.40. The van der Waals surface area contributed by atoms with Crippen molar-refractivity contribution < 1.29 is 19.0 Å². The molecule has 5 rings (SSSR count). The Kier molecular flexibility index (Phi) is 8.28. The zero-order valence-electron chi connectivity index (χ0n) is 22.5. The molecule has 1 N–H and O–H groups in total. The lowest BCUT2D eigenvalue weighted by molar-refractivity contribution is -0.183. The van der Waals surface area contributed by atoms with Crippen molar-refractivity contribution >= 4 is 11.7 Å². The summed E-state index contributed by atoms with van der Waals surface area (Å²) in [4.78, 5) is 14.3. The average molecular weight is 522 g/mol. The van der Waals surface area contributed by atoms with Gasteiger partial charge in [0.2, 0.25) is 0 Å². The van der Waals surface area contributed by atoms with Crippen LogP contribution in [-0.4, -0.2) is 18.7 Å². The predicted molar refractivity (Wildman–Crippen MR) is 153 cm³/mol. The Bertz CT molecular complexity index is 1340. The van der Waals surface area contributed by atoms with Gasteiger partial charge >= 0.3 is 5.97 Å². The number of carbonyl (C=O) groups is 1. The molecule has 1 aliphatic rings. The van der Waals surface area contributed by atoms with Crippen LogP contribution < -0.4 is 10.1 Å². The second-order valence-corrected chi connectivity index (χ2v) is 10.1. The number of methoxy groups -OCH3 is 1. The van der Waals surface area contributed by atoms with Gasteiger partial charge in [-0.25, -0.2) is 4.79 Å². The standard InChI is InChI=1S/C34H35NO4/c1-25-13-15-28(16-14-25)32(35-30-19-21-31(37-2)22-20-30)34(29-17-18-29,39-24-27-11-7-4-8-12-27)33(36)38-23-26-9-5-3-6-10-26/h3-16,19-22,29,32,35H,17-18,23-24H2,1-2H3/t32-,34+/m0/s1. The number of carbonyl (C=O) groups excluding carboxylic acids is 1. The Morgan fingerprint density at radius 2 is 1.41 bits per heavy atom. The van der Waals surface area contributed by atoms with E-state index in [9.17, 15) is 4.79 Å².